The van der Waals surface area contributed by atoms with Gasteiger partial charge in [-0.05, 0) is 38.5 Å². The fourth-order valence-electron chi connectivity index (χ4n) is 4.40. The van der Waals surface area contributed by atoms with E-state index in [1.165, 1.54) is 0 Å². The van der Waals surface area contributed by atoms with Gasteiger partial charge in [-0.2, -0.15) is 0 Å². The second-order valence-electron chi connectivity index (χ2n) is 12.4. The lowest BCUT2D eigenvalue weighted by molar-refractivity contribution is -0.126. The van der Waals surface area contributed by atoms with E-state index in [0.29, 0.717) is 77.8 Å². The average Bonchev–Trinajstić information content (AvgIpc) is 3.11. The highest BCUT2D eigenvalue weighted by atomic mass is 16.6. The number of rotatable bonds is 35. The number of unbranched alkanes of at least 4 members (excludes halogenated alkanes) is 3. The van der Waals surface area contributed by atoms with Crippen molar-refractivity contribution < 1.29 is 43.0 Å². The van der Waals surface area contributed by atoms with E-state index in [2.05, 4.69) is 31.9 Å². The third-order valence-electron chi connectivity index (χ3n) is 7.50. The van der Waals surface area contributed by atoms with Crippen LogP contribution < -0.4 is 31.9 Å². The summed E-state index contributed by atoms with van der Waals surface area (Å²) in [6.45, 7) is 9.67. The Morgan fingerprint density at radius 1 is 0.392 bits per heavy atom. The lowest BCUT2D eigenvalue weighted by atomic mass is 10.2. The van der Waals surface area contributed by atoms with E-state index in [-0.39, 0.29) is 87.7 Å². The molecule has 296 valence electrons. The Labute approximate surface area is 305 Å². The van der Waals surface area contributed by atoms with E-state index in [0.717, 1.165) is 38.5 Å². The topological polar surface area (TPSA) is 202 Å². The fraction of sp³-hybridized carbons (Fsp3) is 0.833. The van der Waals surface area contributed by atoms with E-state index >= 15 is 0 Å². The molecule has 0 radical (unpaired) electrons. The molecule has 15 nitrogen and oxygen atoms in total. The van der Waals surface area contributed by atoms with Crippen LogP contribution in [0.4, 0.5) is 0 Å². The van der Waals surface area contributed by atoms with Gasteiger partial charge in [-0.3, -0.25) is 28.8 Å². The second kappa shape index (κ2) is 35.1. The number of nitrogens with one attached hydrogen (secondary N) is 6. The van der Waals surface area contributed by atoms with Crippen molar-refractivity contribution in [3.05, 3.63) is 0 Å². The molecule has 0 saturated carbocycles. The summed E-state index contributed by atoms with van der Waals surface area (Å²) in [4.78, 5) is 71.6. The summed E-state index contributed by atoms with van der Waals surface area (Å²) in [5, 5.41) is 17.0. The normalized spacial score (nSPS) is 10.8. The molecule has 0 heterocycles. The van der Waals surface area contributed by atoms with Crippen LogP contribution in [0.3, 0.4) is 0 Å². The van der Waals surface area contributed by atoms with Crippen molar-refractivity contribution in [3.8, 4) is 0 Å². The minimum absolute atomic E-state index is 0.0212. The SMILES string of the molecule is CCCCC(=O)NCCCNC(=O)CCOCC(COCCC(=O)NCCCNC(=O)CCCC)OCCC(=O)NCCCNC(=O)CCCC. The predicted molar refractivity (Wildman–Crippen MR) is 196 cm³/mol. The van der Waals surface area contributed by atoms with Crippen molar-refractivity contribution in [1.82, 2.24) is 31.9 Å². The minimum atomic E-state index is -0.519. The van der Waals surface area contributed by atoms with Gasteiger partial charge in [-0.25, -0.2) is 0 Å². The molecule has 15 heteroatoms. The van der Waals surface area contributed by atoms with Gasteiger partial charge in [0, 0.05) is 77.8 Å². The summed E-state index contributed by atoms with van der Waals surface area (Å²) in [5.74, 6) is -0.434. The highest BCUT2D eigenvalue weighted by molar-refractivity contribution is 5.77. The summed E-state index contributed by atoms with van der Waals surface area (Å²) in [6, 6.07) is 0. The van der Waals surface area contributed by atoms with Gasteiger partial charge in [0.1, 0.15) is 6.10 Å². The smallest absolute Gasteiger partial charge is 0.222 e. The standard InChI is InChI=1S/C36H68N6O9/c1-4-7-13-31(43)37-19-10-22-40-34(46)16-25-49-28-30(51-27-18-36(48)42-24-12-21-39-33(45)15-9-6-3)29-50-26-17-35(47)41-23-11-20-38-32(44)14-8-5-2/h30H,4-29H2,1-3H3,(H,37,43)(H,38,44)(H,39,45)(H,40,46)(H,41,47)(H,42,48). The fourth-order valence-corrected chi connectivity index (χ4v) is 4.40. The Balaban J connectivity index is 4.41. The molecule has 0 unspecified atom stereocenters. The first-order valence-corrected chi connectivity index (χ1v) is 19.1. The van der Waals surface area contributed by atoms with Gasteiger partial charge in [0.25, 0.3) is 0 Å². The number of hydrogen-bond acceptors (Lipinski definition) is 9. The van der Waals surface area contributed by atoms with Gasteiger partial charge >= 0.3 is 0 Å². The first kappa shape index (κ1) is 47.7. The predicted octanol–water partition coefficient (Wildman–Crippen LogP) is 2.01. The zero-order valence-electron chi connectivity index (χ0n) is 31.6. The first-order valence-electron chi connectivity index (χ1n) is 19.1. The molecule has 6 N–H and O–H groups in total. The van der Waals surface area contributed by atoms with E-state index in [1.54, 1.807) is 0 Å². The maximum Gasteiger partial charge on any atom is 0.222 e. The summed E-state index contributed by atoms with van der Waals surface area (Å²) in [7, 11) is 0. The van der Waals surface area contributed by atoms with E-state index < -0.39 is 6.10 Å². The minimum Gasteiger partial charge on any atom is -0.378 e. The highest BCUT2D eigenvalue weighted by Crippen LogP contribution is 2.00. The van der Waals surface area contributed by atoms with Gasteiger partial charge in [-0.15, -0.1) is 0 Å². The van der Waals surface area contributed by atoms with E-state index in [4.69, 9.17) is 14.2 Å². The number of carbonyl (C=O) groups excluding carboxylic acids is 6. The molecule has 0 aliphatic carbocycles. The van der Waals surface area contributed by atoms with Crippen molar-refractivity contribution >= 4 is 35.4 Å². The van der Waals surface area contributed by atoms with Crippen molar-refractivity contribution in [2.24, 2.45) is 0 Å². The number of amides is 6. The van der Waals surface area contributed by atoms with Crippen LogP contribution in [-0.2, 0) is 43.0 Å². The molecular formula is C36H68N6O9. The quantitative estimate of drug-likeness (QED) is 0.0528. The lowest BCUT2D eigenvalue weighted by Gasteiger charge is -2.18. The van der Waals surface area contributed by atoms with E-state index in [9.17, 15) is 28.8 Å². The van der Waals surface area contributed by atoms with Crippen molar-refractivity contribution in [3.63, 3.8) is 0 Å². The van der Waals surface area contributed by atoms with Crippen LogP contribution >= 0.6 is 0 Å². The van der Waals surface area contributed by atoms with Crippen LogP contribution in [0.1, 0.15) is 117 Å². The molecule has 0 aromatic carbocycles. The average molecular weight is 729 g/mol. The van der Waals surface area contributed by atoms with Gasteiger partial charge in [0.05, 0.1) is 33.0 Å². The number of hydrogen-bond donors (Lipinski definition) is 6. The lowest BCUT2D eigenvalue weighted by Crippen LogP contribution is -2.32. The maximum atomic E-state index is 12.3. The Morgan fingerprint density at radius 2 is 0.667 bits per heavy atom. The molecule has 0 bridgehead atoms. The van der Waals surface area contributed by atoms with Gasteiger partial charge < -0.3 is 46.1 Å². The summed E-state index contributed by atoms with van der Waals surface area (Å²) in [5.41, 5.74) is 0. The molecule has 0 fully saturated rings. The van der Waals surface area contributed by atoms with Crippen LogP contribution in [0.15, 0.2) is 0 Å². The largest absolute Gasteiger partial charge is 0.378 e. The van der Waals surface area contributed by atoms with Gasteiger partial charge in [0.2, 0.25) is 35.4 Å². The molecule has 0 atom stereocenters. The Bertz CT molecular complexity index is 904. The summed E-state index contributed by atoms with van der Waals surface area (Å²) < 4.78 is 17.2. The molecule has 0 rings (SSSR count). The summed E-state index contributed by atoms with van der Waals surface area (Å²) in [6.07, 6.45) is 8.83. The second-order valence-corrected chi connectivity index (χ2v) is 12.4. The molecule has 0 aliphatic rings. The number of ether oxygens (including phenoxy) is 3. The number of carbonyl (C=O) groups is 6. The van der Waals surface area contributed by atoms with Crippen molar-refractivity contribution in [2.45, 2.75) is 123 Å². The zero-order chi connectivity index (χ0) is 37.8. The monoisotopic (exact) mass is 729 g/mol. The molecule has 6 amide bonds. The van der Waals surface area contributed by atoms with Crippen LogP contribution in [0.25, 0.3) is 0 Å². The third-order valence-corrected chi connectivity index (χ3v) is 7.50. The molecule has 0 saturated heterocycles. The highest BCUT2D eigenvalue weighted by Gasteiger charge is 2.13. The molecule has 0 aromatic heterocycles. The molecular weight excluding hydrogens is 660 g/mol. The molecule has 0 spiro atoms. The Hall–Kier alpha value is -3.30. The third kappa shape index (κ3) is 33.6. The first-order chi connectivity index (χ1) is 24.7. The molecule has 0 aliphatic heterocycles. The Kier molecular flexibility index (Phi) is 32.8. The van der Waals surface area contributed by atoms with Crippen LogP contribution in [0.2, 0.25) is 0 Å². The van der Waals surface area contributed by atoms with Crippen LogP contribution in [0.5, 0.6) is 0 Å². The molecule has 51 heavy (non-hydrogen) atoms. The van der Waals surface area contributed by atoms with Gasteiger partial charge in [-0.1, -0.05) is 40.0 Å². The van der Waals surface area contributed by atoms with Crippen molar-refractivity contribution in [1.29, 1.82) is 0 Å². The van der Waals surface area contributed by atoms with Crippen LogP contribution in [0, 0.1) is 0 Å². The van der Waals surface area contributed by atoms with Crippen molar-refractivity contribution in [2.75, 3.05) is 72.3 Å². The zero-order valence-corrected chi connectivity index (χ0v) is 31.6. The van der Waals surface area contributed by atoms with Gasteiger partial charge in [0.15, 0.2) is 0 Å². The summed E-state index contributed by atoms with van der Waals surface area (Å²) >= 11 is 0. The Morgan fingerprint density at radius 3 is 0.961 bits per heavy atom. The van der Waals surface area contributed by atoms with Crippen LogP contribution in [-0.4, -0.2) is 114 Å². The van der Waals surface area contributed by atoms with E-state index in [1.807, 2.05) is 20.8 Å². The molecule has 0 aromatic rings. The maximum absolute atomic E-state index is 12.3.